The van der Waals surface area contributed by atoms with Gasteiger partial charge in [0.15, 0.2) is 0 Å². The highest BCUT2D eigenvalue weighted by Gasteiger charge is 2.19. The molecule has 1 unspecified atom stereocenters. The molecular weight excluding hydrogens is 278 g/mol. The molecule has 106 valence electrons. The molecule has 1 aromatic heterocycles. The van der Waals surface area contributed by atoms with E-state index >= 15 is 0 Å². The highest BCUT2D eigenvalue weighted by Crippen LogP contribution is 2.27. The number of aromatic carboxylic acids is 1. The zero-order valence-electron chi connectivity index (χ0n) is 11.3. The maximum atomic E-state index is 11.0. The molecule has 4 nitrogen and oxygen atoms in total. The summed E-state index contributed by atoms with van der Waals surface area (Å²) in [6.07, 6.45) is 1.40. The lowest BCUT2D eigenvalue weighted by molar-refractivity contribution is 0.0659. The third-order valence-corrected chi connectivity index (χ3v) is 3.72. The van der Waals surface area contributed by atoms with Crippen LogP contribution in [-0.2, 0) is 6.54 Å². The Labute approximate surface area is 122 Å². The van der Waals surface area contributed by atoms with Gasteiger partial charge in [-0.25, -0.2) is 4.79 Å². The van der Waals surface area contributed by atoms with Gasteiger partial charge in [-0.05, 0) is 31.7 Å². The van der Waals surface area contributed by atoms with E-state index < -0.39 is 5.97 Å². The average Bonchev–Trinajstić information content (AvgIpc) is 2.86. The number of furan rings is 1. The molecule has 5 heteroatoms. The SMILES string of the molecule is CC(c1ccccc1Cl)N(C)Cc1ccoc1C(=O)O. The van der Waals surface area contributed by atoms with Crippen LogP contribution in [0.5, 0.6) is 0 Å². The van der Waals surface area contributed by atoms with Gasteiger partial charge in [-0.15, -0.1) is 0 Å². The maximum absolute atomic E-state index is 11.0. The van der Waals surface area contributed by atoms with E-state index in [1.807, 2.05) is 43.1 Å². The van der Waals surface area contributed by atoms with Crippen LogP contribution in [0, 0.1) is 0 Å². The molecule has 1 atom stereocenters. The van der Waals surface area contributed by atoms with E-state index in [1.54, 1.807) is 6.07 Å². The Morgan fingerprint density at radius 1 is 1.40 bits per heavy atom. The summed E-state index contributed by atoms with van der Waals surface area (Å²) in [5.74, 6) is -1.06. The Morgan fingerprint density at radius 2 is 2.10 bits per heavy atom. The van der Waals surface area contributed by atoms with Crippen molar-refractivity contribution < 1.29 is 14.3 Å². The molecule has 0 aliphatic carbocycles. The molecule has 0 spiro atoms. The summed E-state index contributed by atoms with van der Waals surface area (Å²) in [5, 5.41) is 9.74. The smallest absolute Gasteiger partial charge is 0.372 e. The molecular formula is C15H16ClNO3. The number of carboxylic acid groups (broad SMARTS) is 1. The number of hydrogen-bond acceptors (Lipinski definition) is 3. The van der Waals surface area contributed by atoms with E-state index in [9.17, 15) is 4.79 Å². The van der Waals surface area contributed by atoms with Crippen molar-refractivity contribution in [1.82, 2.24) is 4.90 Å². The van der Waals surface area contributed by atoms with Gasteiger partial charge in [0, 0.05) is 23.2 Å². The van der Waals surface area contributed by atoms with Crippen molar-refractivity contribution in [3.05, 3.63) is 58.5 Å². The highest BCUT2D eigenvalue weighted by molar-refractivity contribution is 6.31. The molecule has 1 aromatic carbocycles. The molecule has 0 saturated carbocycles. The lowest BCUT2D eigenvalue weighted by Crippen LogP contribution is -2.22. The summed E-state index contributed by atoms with van der Waals surface area (Å²) in [6, 6.07) is 9.39. The van der Waals surface area contributed by atoms with Crippen LogP contribution in [0.4, 0.5) is 0 Å². The first-order valence-corrected chi connectivity index (χ1v) is 6.63. The minimum Gasteiger partial charge on any atom is -0.475 e. The Bertz CT molecular complexity index is 609. The van der Waals surface area contributed by atoms with Crippen LogP contribution in [0.2, 0.25) is 5.02 Å². The van der Waals surface area contributed by atoms with E-state index in [2.05, 4.69) is 0 Å². The number of carbonyl (C=O) groups is 1. The second-order valence-electron chi connectivity index (χ2n) is 4.69. The maximum Gasteiger partial charge on any atom is 0.372 e. The van der Waals surface area contributed by atoms with Crippen LogP contribution < -0.4 is 0 Å². The summed E-state index contributed by atoms with van der Waals surface area (Å²) >= 11 is 6.19. The first-order chi connectivity index (χ1) is 9.50. The van der Waals surface area contributed by atoms with Crippen LogP contribution >= 0.6 is 11.6 Å². The highest BCUT2D eigenvalue weighted by atomic mass is 35.5. The van der Waals surface area contributed by atoms with Crippen molar-refractivity contribution in [2.24, 2.45) is 0 Å². The van der Waals surface area contributed by atoms with Crippen molar-refractivity contribution in [2.75, 3.05) is 7.05 Å². The number of benzene rings is 1. The second-order valence-corrected chi connectivity index (χ2v) is 5.10. The summed E-state index contributed by atoms with van der Waals surface area (Å²) < 4.78 is 4.98. The first kappa shape index (κ1) is 14.6. The third kappa shape index (κ3) is 3.03. The fraction of sp³-hybridized carbons (Fsp3) is 0.267. The molecule has 0 saturated heterocycles. The Kier molecular flexibility index (Phi) is 4.47. The van der Waals surface area contributed by atoms with Gasteiger partial charge in [-0.3, -0.25) is 4.90 Å². The van der Waals surface area contributed by atoms with Gasteiger partial charge in [-0.2, -0.15) is 0 Å². The minimum atomic E-state index is -1.05. The van der Waals surface area contributed by atoms with Gasteiger partial charge in [0.25, 0.3) is 0 Å². The van der Waals surface area contributed by atoms with Gasteiger partial charge in [0.1, 0.15) is 0 Å². The van der Waals surface area contributed by atoms with E-state index in [1.165, 1.54) is 6.26 Å². The monoisotopic (exact) mass is 293 g/mol. The van der Waals surface area contributed by atoms with Crippen molar-refractivity contribution in [3.8, 4) is 0 Å². The Morgan fingerprint density at radius 3 is 2.75 bits per heavy atom. The van der Waals surface area contributed by atoms with Gasteiger partial charge < -0.3 is 9.52 Å². The molecule has 0 fully saturated rings. The number of carboxylic acids is 1. The summed E-state index contributed by atoms with van der Waals surface area (Å²) in [6.45, 7) is 2.51. The van der Waals surface area contributed by atoms with Crippen molar-refractivity contribution >= 4 is 17.6 Å². The molecule has 2 aromatic rings. The summed E-state index contributed by atoms with van der Waals surface area (Å²) in [4.78, 5) is 13.1. The Balaban J connectivity index is 2.16. The molecule has 0 bridgehead atoms. The van der Waals surface area contributed by atoms with E-state index in [0.29, 0.717) is 17.1 Å². The largest absolute Gasteiger partial charge is 0.475 e. The van der Waals surface area contributed by atoms with E-state index in [4.69, 9.17) is 21.1 Å². The van der Waals surface area contributed by atoms with Gasteiger partial charge in [0.05, 0.1) is 6.26 Å². The quantitative estimate of drug-likeness (QED) is 0.910. The molecule has 1 N–H and O–H groups in total. The molecule has 20 heavy (non-hydrogen) atoms. The van der Waals surface area contributed by atoms with Crippen LogP contribution in [0.1, 0.15) is 34.6 Å². The lowest BCUT2D eigenvalue weighted by atomic mass is 10.1. The third-order valence-electron chi connectivity index (χ3n) is 3.38. The average molecular weight is 294 g/mol. The fourth-order valence-electron chi connectivity index (χ4n) is 2.10. The number of hydrogen-bond donors (Lipinski definition) is 1. The molecule has 0 aliphatic rings. The standard InChI is InChI=1S/C15H16ClNO3/c1-10(12-5-3-4-6-13(12)16)17(2)9-11-7-8-20-14(11)15(18)19/h3-8,10H,9H2,1-2H3,(H,18,19). The number of nitrogens with zero attached hydrogens (tertiary/aromatic N) is 1. The van der Waals surface area contributed by atoms with Gasteiger partial charge in [-0.1, -0.05) is 29.8 Å². The van der Waals surface area contributed by atoms with E-state index in [-0.39, 0.29) is 11.8 Å². The van der Waals surface area contributed by atoms with Crippen LogP contribution in [0.3, 0.4) is 0 Å². The van der Waals surface area contributed by atoms with Crippen LogP contribution in [-0.4, -0.2) is 23.0 Å². The molecule has 0 radical (unpaired) electrons. The topological polar surface area (TPSA) is 53.7 Å². The van der Waals surface area contributed by atoms with Gasteiger partial charge >= 0.3 is 5.97 Å². The van der Waals surface area contributed by atoms with E-state index in [0.717, 1.165) is 5.56 Å². The molecule has 2 rings (SSSR count). The fourth-order valence-corrected chi connectivity index (χ4v) is 2.40. The normalized spacial score (nSPS) is 12.6. The second kappa shape index (κ2) is 6.11. The summed E-state index contributed by atoms with van der Waals surface area (Å²) in [7, 11) is 1.92. The van der Waals surface area contributed by atoms with Crippen LogP contribution in [0.25, 0.3) is 0 Å². The molecule has 0 aliphatic heterocycles. The van der Waals surface area contributed by atoms with Crippen molar-refractivity contribution in [3.63, 3.8) is 0 Å². The zero-order valence-corrected chi connectivity index (χ0v) is 12.1. The predicted octanol–water partition coefficient (Wildman–Crippen LogP) is 3.82. The number of halogens is 1. The van der Waals surface area contributed by atoms with Gasteiger partial charge in [0.2, 0.25) is 5.76 Å². The predicted molar refractivity (Wildman–Crippen MR) is 77.0 cm³/mol. The Hall–Kier alpha value is -1.78. The van der Waals surface area contributed by atoms with Crippen molar-refractivity contribution in [2.45, 2.75) is 19.5 Å². The van der Waals surface area contributed by atoms with Crippen LogP contribution in [0.15, 0.2) is 41.0 Å². The first-order valence-electron chi connectivity index (χ1n) is 6.25. The number of rotatable bonds is 5. The zero-order chi connectivity index (χ0) is 14.7. The summed E-state index contributed by atoms with van der Waals surface area (Å²) in [5.41, 5.74) is 1.66. The minimum absolute atomic E-state index is 0.0109. The lowest BCUT2D eigenvalue weighted by Gasteiger charge is -2.25. The van der Waals surface area contributed by atoms with Crippen molar-refractivity contribution in [1.29, 1.82) is 0 Å². The molecule has 1 heterocycles. The molecule has 0 amide bonds.